The van der Waals surface area contributed by atoms with Crippen molar-refractivity contribution in [1.29, 1.82) is 0 Å². The molecule has 0 heterocycles. The molecule has 0 radical (unpaired) electrons. The summed E-state index contributed by atoms with van der Waals surface area (Å²) in [7, 11) is 0. The van der Waals surface area contributed by atoms with Crippen molar-refractivity contribution < 1.29 is 24.2 Å². The van der Waals surface area contributed by atoms with Gasteiger partial charge >= 0.3 is 12.1 Å². The van der Waals surface area contributed by atoms with Crippen LogP contribution in [0.5, 0.6) is 0 Å². The van der Waals surface area contributed by atoms with Crippen LogP contribution in [-0.4, -0.2) is 46.4 Å². The molecule has 1 aromatic rings. The van der Waals surface area contributed by atoms with E-state index in [1.165, 1.54) is 4.90 Å². The molecule has 1 amide bonds. The molecule has 1 N–H and O–H groups in total. The third-order valence-corrected chi connectivity index (χ3v) is 4.43. The molecule has 0 saturated heterocycles. The van der Waals surface area contributed by atoms with Gasteiger partial charge in [-0.1, -0.05) is 43.2 Å². The smallest absolute Gasteiger partial charge is 0.411 e. The highest BCUT2D eigenvalue weighted by Crippen LogP contribution is 2.27. The minimum Gasteiger partial charge on any atom is -0.480 e. The standard InChI is InChI=1S/C20H29NO5/c1-20(2,3)26-14-17(18(22)23)21(16-11-7-8-12-16)19(24)25-13-15-9-5-4-6-10-15/h4-6,9-10,16-17H,7-8,11-14H2,1-3H3,(H,22,23). The number of hydrogen-bond donors (Lipinski definition) is 1. The average molecular weight is 363 g/mol. The van der Waals surface area contributed by atoms with Gasteiger partial charge in [-0.15, -0.1) is 0 Å². The lowest BCUT2D eigenvalue weighted by atomic mass is 10.1. The molecule has 1 aliphatic carbocycles. The molecule has 1 aromatic carbocycles. The Morgan fingerprint density at radius 2 is 1.81 bits per heavy atom. The summed E-state index contributed by atoms with van der Waals surface area (Å²) in [5, 5.41) is 9.71. The zero-order valence-electron chi connectivity index (χ0n) is 15.8. The lowest BCUT2D eigenvalue weighted by Gasteiger charge is -2.34. The summed E-state index contributed by atoms with van der Waals surface area (Å²) in [4.78, 5) is 26.0. The Balaban J connectivity index is 2.11. The van der Waals surface area contributed by atoms with Gasteiger partial charge in [0.1, 0.15) is 6.61 Å². The number of carboxylic acids is 1. The van der Waals surface area contributed by atoms with Gasteiger partial charge in [0.05, 0.1) is 12.2 Å². The van der Waals surface area contributed by atoms with Gasteiger partial charge in [-0.2, -0.15) is 0 Å². The predicted octanol–water partition coefficient (Wildman–Crippen LogP) is 3.84. The Bertz CT molecular complexity index is 590. The van der Waals surface area contributed by atoms with E-state index >= 15 is 0 Å². The fourth-order valence-corrected chi connectivity index (χ4v) is 3.11. The van der Waals surface area contributed by atoms with Crippen molar-refractivity contribution in [2.75, 3.05) is 6.61 Å². The summed E-state index contributed by atoms with van der Waals surface area (Å²) in [5.41, 5.74) is 0.383. The van der Waals surface area contributed by atoms with Crippen LogP contribution in [0.1, 0.15) is 52.0 Å². The molecule has 1 aliphatic rings. The van der Waals surface area contributed by atoms with Crippen LogP contribution in [0.15, 0.2) is 30.3 Å². The number of aliphatic carboxylic acids is 1. The van der Waals surface area contributed by atoms with Crippen LogP contribution in [0.4, 0.5) is 4.79 Å². The fraction of sp³-hybridized carbons (Fsp3) is 0.600. The van der Waals surface area contributed by atoms with Crippen LogP contribution in [0, 0.1) is 0 Å². The maximum Gasteiger partial charge on any atom is 0.411 e. The monoisotopic (exact) mass is 363 g/mol. The first kappa shape index (κ1) is 20.2. The number of carbonyl (C=O) groups is 2. The maximum atomic E-state index is 12.8. The van der Waals surface area contributed by atoms with Gasteiger partial charge in [0.2, 0.25) is 0 Å². The maximum absolute atomic E-state index is 12.8. The number of carbonyl (C=O) groups excluding carboxylic acids is 1. The number of hydrogen-bond acceptors (Lipinski definition) is 4. The lowest BCUT2D eigenvalue weighted by Crippen LogP contribution is -2.53. The third-order valence-electron chi connectivity index (χ3n) is 4.43. The van der Waals surface area contributed by atoms with Crippen LogP contribution in [-0.2, 0) is 20.9 Å². The van der Waals surface area contributed by atoms with Crippen molar-refractivity contribution in [2.45, 2.75) is 70.7 Å². The molecule has 26 heavy (non-hydrogen) atoms. The van der Waals surface area contributed by atoms with E-state index in [1.807, 2.05) is 51.1 Å². The molecule has 0 aliphatic heterocycles. The summed E-state index contributed by atoms with van der Waals surface area (Å²) < 4.78 is 11.1. The van der Waals surface area contributed by atoms with Gasteiger partial charge in [0.25, 0.3) is 0 Å². The molecule has 144 valence electrons. The highest BCUT2D eigenvalue weighted by molar-refractivity contribution is 5.80. The number of benzene rings is 1. The van der Waals surface area contributed by atoms with Gasteiger partial charge in [-0.05, 0) is 39.2 Å². The van der Waals surface area contributed by atoms with E-state index in [0.29, 0.717) is 0 Å². The lowest BCUT2D eigenvalue weighted by molar-refractivity contribution is -0.148. The van der Waals surface area contributed by atoms with Crippen molar-refractivity contribution >= 4 is 12.1 Å². The van der Waals surface area contributed by atoms with Gasteiger partial charge in [0.15, 0.2) is 6.04 Å². The Morgan fingerprint density at radius 3 is 2.35 bits per heavy atom. The molecule has 1 fully saturated rings. The van der Waals surface area contributed by atoms with Crippen molar-refractivity contribution in [3.8, 4) is 0 Å². The van der Waals surface area contributed by atoms with Crippen LogP contribution >= 0.6 is 0 Å². The van der Waals surface area contributed by atoms with Crippen molar-refractivity contribution in [2.24, 2.45) is 0 Å². The van der Waals surface area contributed by atoms with Crippen molar-refractivity contribution in [1.82, 2.24) is 4.90 Å². The number of ether oxygens (including phenoxy) is 2. The fourth-order valence-electron chi connectivity index (χ4n) is 3.11. The molecule has 1 unspecified atom stereocenters. The Kier molecular flexibility index (Phi) is 7.03. The second kappa shape index (κ2) is 9.03. The molecule has 1 saturated carbocycles. The largest absolute Gasteiger partial charge is 0.480 e. The topological polar surface area (TPSA) is 76.1 Å². The third kappa shape index (κ3) is 6.02. The molecule has 6 nitrogen and oxygen atoms in total. The summed E-state index contributed by atoms with van der Waals surface area (Å²) in [6.45, 7) is 5.64. The van der Waals surface area contributed by atoms with E-state index in [4.69, 9.17) is 9.47 Å². The zero-order valence-corrected chi connectivity index (χ0v) is 15.8. The Morgan fingerprint density at radius 1 is 1.19 bits per heavy atom. The molecule has 1 atom stereocenters. The van der Waals surface area contributed by atoms with Crippen LogP contribution in [0.3, 0.4) is 0 Å². The van der Waals surface area contributed by atoms with E-state index in [9.17, 15) is 14.7 Å². The quantitative estimate of drug-likeness (QED) is 0.796. The normalized spacial score (nSPS) is 16.3. The minimum absolute atomic E-state index is 0.0598. The van der Waals surface area contributed by atoms with E-state index in [2.05, 4.69) is 0 Å². The highest BCUT2D eigenvalue weighted by Gasteiger charge is 2.38. The summed E-state index contributed by atoms with van der Waals surface area (Å²) in [6, 6.07) is 8.18. The second-order valence-electron chi connectivity index (χ2n) is 7.66. The summed E-state index contributed by atoms with van der Waals surface area (Å²) >= 11 is 0. The first-order chi connectivity index (χ1) is 12.3. The minimum atomic E-state index is -1.07. The van der Waals surface area contributed by atoms with Gasteiger partial charge in [-0.25, -0.2) is 9.59 Å². The van der Waals surface area contributed by atoms with Gasteiger partial charge in [0, 0.05) is 6.04 Å². The Hall–Kier alpha value is -2.08. The van der Waals surface area contributed by atoms with E-state index in [0.717, 1.165) is 31.2 Å². The van der Waals surface area contributed by atoms with E-state index in [1.54, 1.807) is 0 Å². The van der Waals surface area contributed by atoms with Crippen LogP contribution in [0.2, 0.25) is 0 Å². The molecular formula is C20H29NO5. The van der Waals surface area contributed by atoms with Crippen LogP contribution < -0.4 is 0 Å². The number of carboxylic acid groups (broad SMARTS) is 1. The van der Waals surface area contributed by atoms with Crippen molar-refractivity contribution in [3.05, 3.63) is 35.9 Å². The van der Waals surface area contributed by atoms with Gasteiger partial charge in [-0.3, -0.25) is 4.90 Å². The second-order valence-corrected chi connectivity index (χ2v) is 7.66. The van der Waals surface area contributed by atoms with Crippen LogP contribution in [0.25, 0.3) is 0 Å². The van der Waals surface area contributed by atoms with Gasteiger partial charge < -0.3 is 14.6 Å². The summed E-state index contributed by atoms with van der Waals surface area (Å²) in [5.74, 6) is -1.07. The molecular weight excluding hydrogens is 334 g/mol. The van der Waals surface area contributed by atoms with E-state index in [-0.39, 0.29) is 19.3 Å². The molecule has 2 rings (SSSR count). The average Bonchev–Trinajstić information content (AvgIpc) is 3.10. The first-order valence-electron chi connectivity index (χ1n) is 9.14. The Labute approximate surface area is 155 Å². The van der Waals surface area contributed by atoms with E-state index < -0.39 is 23.7 Å². The molecule has 0 aromatic heterocycles. The summed E-state index contributed by atoms with van der Waals surface area (Å²) in [6.07, 6.45) is 2.96. The number of nitrogens with zero attached hydrogens (tertiary/aromatic N) is 1. The number of rotatable bonds is 7. The first-order valence-corrected chi connectivity index (χ1v) is 9.14. The molecule has 6 heteroatoms. The molecule has 0 spiro atoms. The highest BCUT2D eigenvalue weighted by atomic mass is 16.6. The SMILES string of the molecule is CC(C)(C)OCC(C(=O)O)N(C(=O)OCc1ccccc1)C1CCCC1. The van der Waals surface area contributed by atoms with Crippen molar-refractivity contribution in [3.63, 3.8) is 0 Å². The number of amides is 1. The predicted molar refractivity (Wildman–Crippen MR) is 97.9 cm³/mol. The zero-order chi connectivity index (χ0) is 19.2. The molecule has 0 bridgehead atoms.